The summed E-state index contributed by atoms with van der Waals surface area (Å²) in [6.45, 7) is 3.97. The third-order valence-electron chi connectivity index (χ3n) is 3.04. The number of benzene rings is 2. The lowest BCUT2D eigenvalue weighted by Gasteiger charge is -2.12. The first-order chi connectivity index (χ1) is 11.0. The Morgan fingerprint density at radius 1 is 1.09 bits per heavy atom. The summed E-state index contributed by atoms with van der Waals surface area (Å²) in [5, 5.41) is 5.40. The maximum atomic E-state index is 12.2. The van der Waals surface area contributed by atoms with Gasteiger partial charge in [0.25, 0.3) is 0 Å². The molecule has 2 amide bonds. The molecule has 0 fully saturated rings. The SMILES string of the molecule is CCOC(=O)c1ccccc1NC(=O)Nc1ccc(C)cc1Br. The van der Waals surface area contributed by atoms with Crippen LogP contribution in [0.4, 0.5) is 16.2 Å². The smallest absolute Gasteiger partial charge is 0.340 e. The van der Waals surface area contributed by atoms with Gasteiger partial charge < -0.3 is 15.4 Å². The van der Waals surface area contributed by atoms with Crippen LogP contribution in [-0.2, 0) is 4.74 Å². The van der Waals surface area contributed by atoms with Gasteiger partial charge in [-0.1, -0.05) is 18.2 Å². The van der Waals surface area contributed by atoms with E-state index in [1.807, 2.05) is 19.1 Å². The van der Waals surface area contributed by atoms with E-state index >= 15 is 0 Å². The molecule has 0 radical (unpaired) electrons. The molecular weight excluding hydrogens is 360 g/mol. The Hall–Kier alpha value is -2.34. The monoisotopic (exact) mass is 376 g/mol. The zero-order chi connectivity index (χ0) is 16.8. The number of esters is 1. The number of nitrogens with one attached hydrogen (secondary N) is 2. The van der Waals surface area contributed by atoms with Crippen molar-refractivity contribution in [2.75, 3.05) is 17.2 Å². The van der Waals surface area contributed by atoms with Crippen molar-refractivity contribution in [1.29, 1.82) is 0 Å². The molecule has 6 heteroatoms. The number of hydrogen-bond donors (Lipinski definition) is 2. The molecule has 0 aliphatic carbocycles. The molecule has 2 rings (SSSR count). The Morgan fingerprint density at radius 2 is 1.78 bits per heavy atom. The number of hydrogen-bond acceptors (Lipinski definition) is 3. The number of urea groups is 1. The second-order valence-electron chi connectivity index (χ2n) is 4.83. The van der Waals surface area contributed by atoms with Gasteiger partial charge in [-0.25, -0.2) is 9.59 Å². The molecule has 0 aliphatic rings. The minimum absolute atomic E-state index is 0.273. The topological polar surface area (TPSA) is 67.4 Å². The standard InChI is InChI=1S/C17H17BrN2O3/c1-3-23-16(21)12-6-4-5-7-14(12)19-17(22)20-15-9-8-11(2)10-13(15)18/h4-10H,3H2,1-2H3,(H2,19,20,22). The van der Waals surface area contributed by atoms with Gasteiger partial charge >= 0.3 is 12.0 Å². The highest BCUT2D eigenvalue weighted by molar-refractivity contribution is 9.10. The fourth-order valence-electron chi connectivity index (χ4n) is 1.98. The summed E-state index contributed by atoms with van der Waals surface area (Å²) in [7, 11) is 0. The highest BCUT2D eigenvalue weighted by Gasteiger charge is 2.14. The lowest BCUT2D eigenvalue weighted by Crippen LogP contribution is -2.21. The molecule has 2 aromatic rings. The van der Waals surface area contributed by atoms with Crippen LogP contribution >= 0.6 is 15.9 Å². The fraction of sp³-hybridized carbons (Fsp3) is 0.176. The van der Waals surface area contributed by atoms with E-state index in [0.717, 1.165) is 10.0 Å². The van der Waals surface area contributed by atoms with Gasteiger partial charge in [-0.3, -0.25) is 0 Å². The number of rotatable bonds is 4. The van der Waals surface area contributed by atoms with Gasteiger partial charge in [0.05, 0.1) is 23.5 Å². The molecule has 0 saturated heterocycles. The quantitative estimate of drug-likeness (QED) is 0.767. The lowest BCUT2D eigenvalue weighted by atomic mass is 10.2. The highest BCUT2D eigenvalue weighted by Crippen LogP contribution is 2.24. The minimum Gasteiger partial charge on any atom is -0.462 e. The van der Waals surface area contributed by atoms with Crippen molar-refractivity contribution in [3.63, 3.8) is 0 Å². The van der Waals surface area contributed by atoms with Gasteiger partial charge in [0.15, 0.2) is 0 Å². The molecule has 5 nitrogen and oxygen atoms in total. The summed E-state index contributed by atoms with van der Waals surface area (Å²) < 4.78 is 5.77. The third kappa shape index (κ3) is 4.56. The zero-order valence-corrected chi connectivity index (χ0v) is 14.4. The molecule has 0 heterocycles. The Morgan fingerprint density at radius 3 is 2.48 bits per heavy atom. The summed E-state index contributed by atoms with van der Waals surface area (Å²) in [5.74, 6) is -0.472. The molecule has 0 aromatic heterocycles. The highest BCUT2D eigenvalue weighted by atomic mass is 79.9. The number of ether oxygens (including phenoxy) is 1. The van der Waals surface area contributed by atoms with Crippen LogP contribution in [0.3, 0.4) is 0 Å². The van der Waals surface area contributed by atoms with Crippen LogP contribution in [-0.4, -0.2) is 18.6 Å². The maximum Gasteiger partial charge on any atom is 0.340 e. The van der Waals surface area contributed by atoms with Crippen molar-refractivity contribution in [3.05, 3.63) is 58.1 Å². The second-order valence-corrected chi connectivity index (χ2v) is 5.68. The number of aryl methyl sites for hydroxylation is 1. The van der Waals surface area contributed by atoms with Gasteiger partial charge in [-0.05, 0) is 59.6 Å². The van der Waals surface area contributed by atoms with E-state index in [1.165, 1.54) is 0 Å². The summed E-state index contributed by atoms with van der Waals surface area (Å²) in [6, 6.07) is 11.9. The first kappa shape index (κ1) is 17.0. The average Bonchev–Trinajstić information content (AvgIpc) is 2.51. The van der Waals surface area contributed by atoms with E-state index in [-0.39, 0.29) is 6.61 Å². The van der Waals surface area contributed by atoms with E-state index in [2.05, 4.69) is 26.6 Å². The van der Waals surface area contributed by atoms with Crippen LogP contribution in [0, 0.1) is 6.92 Å². The molecule has 0 bridgehead atoms. The molecular formula is C17H17BrN2O3. The largest absolute Gasteiger partial charge is 0.462 e. The van der Waals surface area contributed by atoms with Gasteiger partial charge in [0.1, 0.15) is 0 Å². The molecule has 2 N–H and O–H groups in total. The number of para-hydroxylation sites is 1. The summed E-state index contributed by atoms with van der Waals surface area (Å²) in [4.78, 5) is 24.1. The van der Waals surface area contributed by atoms with Crippen molar-refractivity contribution in [2.45, 2.75) is 13.8 Å². The Balaban J connectivity index is 2.13. The van der Waals surface area contributed by atoms with Gasteiger partial charge in [-0.2, -0.15) is 0 Å². The number of amides is 2. The average molecular weight is 377 g/mol. The van der Waals surface area contributed by atoms with Crippen LogP contribution in [0.1, 0.15) is 22.8 Å². The van der Waals surface area contributed by atoms with E-state index in [4.69, 9.17) is 4.74 Å². The van der Waals surface area contributed by atoms with Crippen molar-refractivity contribution in [1.82, 2.24) is 0 Å². The van der Waals surface area contributed by atoms with Crippen LogP contribution in [0.2, 0.25) is 0 Å². The maximum absolute atomic E-state index is 12.2. The third-order valence-corrected chi connectivity index (χ3v) is 3.70. The van der Waals surface area contributed by atoms with E-state index in [9.17, 15) is 9.59 Å². The van der Waals surface area contributed by atoms with E-state index in [0.29, 0.717) is 16.9 Å². The number of halogens is 1. The minimum atomic E-state index is -0.472. The second kappa shape index (κ2) is 7.78. The Bertz CT molecular complexity index is 732. The normalized spacial score (nSPS) is 10.0. The molecule has 2 aromatic carbocycles. The number of carbonyl (C=O) groups excluding carboxylic acids is 2. The molecule has 120 valence electrons. The van der Waals surface area contributed by atoms with Crippen LogP contribution < -0.4 is 10.6 Å². The van der Waals surface area contributed by atoms with Gasteiger partial charge in [0, 0.05) is 4.47 Å². The van der Waals surface area contributed by atoms with Gasteiger partial charge in [0.2, 0.25) is 0 Å². The molecule has 23 heavy (non-hydrogen) atoms. The van der Waals surface area contributed by atoms with Crippen molar-refractivity contribution in [3.8, 4) is 0 Å². The summed E-state index contributed by atoms with van der Waals surface area (Å²) in [6.07, 6.45) is 0. The first-order valence-electron chi connectivity index (χ1n) is 7.11. The van der Waals surface area contributed by atoms with E-state index < -0.39 is 12.0 Å². The number of anilines is 2. The van der Waals surface area contributed by atoms with Crippen LogP contribution in [0.15, 0.2) is 46.9 Å². The van der Waals surface area contributed by atoms with Crippen molar-refractivity contribution < 1.29 is 14.3 Å². The molecule has 0 aliphatic heterocycles. The Labute approximate surface area is 143 Å². The van der Waals surface area contributed by atoms with Crippen molar-refractivity contribution in [2.24, 2.45) is 0 Å². The predicted octanol–water partition coefficient (Wildman–Crippen LogP) is 4.58. The molecule has 0 saturated carbocycles. The first-order valence-corrected chi connectivity index (χ1v) is 7.91. The van der Waals surface area contributed by atoms with Gasteiger partial charge in [-0.15, -0.1) is 0 Å². The van der Waals surface area contributed by atoms with Crippen LogP contribution in [0.25, 0.3) is 0 Å². The molecule has 0 spiro atoms. The summed E-state index contributed by atoms with van der Waals surface area (Å²) in [5.41, 5.74) is 2.43. The zero-order valence-electron chi connectivity index (χ0n) is 12.9. The molecule has 0 unspecified atom stereocenters. The molecule has 0 atom stereocenters. The number of carbonyl (C=O) groups is 2. The lowest BCUT2D eigenvalue weighted by molar-refractivity contribution is 0.0527. The van der Waals surface area contributed by atoms with Crippen molar-refractivity contribution >= 4 is 39.3 Å². The van der Waals surface area contributed by atoms with Crippen LogP contribution in [0.5, 0.6) is 0 Å². The predicted molar refractivity (Wildman–Crippen MR) is 93.9 cm³/mol. The fourth-order valence-corrected chi connectivity index (χ4v) is 2.57. The van der Waals surface area contributed by atoms with E-state index in [1.54, 1.807) is 37.3 Å². The summed E-state index contributed by atoms with van der Waals surface area (Å²) >= 11 is 3.40. The Kier molecular flexibility index (Phi) is 5.76.